The first-order chi connectivity index (χ1) is 7.24. The van der Waals surface area contributed by atoms with E-state index in [1.807, 2.05) is 18.2 Å². The first-order valence-electron chi connectivity index (χ1n) is 5.44. The van der Waals surface area contributed by atoms with E-state index in [1.165, 1.54) is 11.1 Å². The highest BCUT2D eigenvalue weighted by Crippen LogP contribution is 2.25. The van der Waals surface area contributed by atoms with Crippen LogP contribution in [-0.4, -0.2) is 6.04 Å². The lowest BCUT2D eigenvalue weighted by molar-refractivity contribution is 0.514. The van der Waals surface area contributed by atoms with Gasteiger partial charge in [-0.05, 0) is 43.4 Å². The average molecular weight is 222 g/mol. The Hall–Kier alpha value is -0.790. The van der Waals surface area contributed by atoms with Crippen LogP contribution < -0.4 is 5.73 Å². The van der Waals surface area contributed by atoms with Crippen LogP contribution in [0.5, 0.6) is 0 Å². The predicted molar refractivity (Wildman–Crippen MR) is 65.9 cm³/mol. The fourth-order valence-corrected chi connectivity index (χ4v) is 2.19. The second-order valence-electron chi connectivity index (χ2n) is 4.20. The van der Waals surface area contributed by atoms with Gasteiger partial charge in [0, 0.05) is 11.1 Å². The monoisotopic (exact) mass is 221 g/mol. The van der Waals surface area contributed by atoms with Gasteiger partial charge in [-0.1, -0.05) is 35.4 Å². The number of allylic oxidation sites excluding steroid dienone is 1. The summed E-state index contributed by atoms with van der Waals surface area (Å²) in [6, 6.07) is 8.39. The summed E-state index contributed by atoms with van der Waals surface area (Å²) in [5, 5.41) is 0.803. The van der Waals surface area contributed by atoms with Crippen LogP contribution in [0.25, 0.3) is 6.08 Å². The molecule has 80 valence electrons. The molecular formula is C13H16ClN. The number of halogens is 1. The Morgan fingerprint density at radius 3 is 2.67 bits per heavy atom. The number of benzene rings is 1. The zero-order valence-corrected chi connectivity index (χ0v) is 9.50. The molecular weight excluding hydrogens is 206 g/mol. The summed E-state index contributed by atoms with van der Waals surface area (Å²) in [5.74, 6) is 0. The zero-order valence-electron chi connectivity index (χ0n) is 8.75. The number of nitrogens with two attached hydrogens (primary N) is 1. The number of hydrogen-bond acceptors (Lipinski definition) is 1. The van der Waals surface area contributed by atoms with Crippen molar-refractivity contribution in [3.05, 3.63) is 40.4 Å². The highest BCUT2D eigenvalue weighted by molar-refractivity contribution is 6.30. The summed E-state index contributed by atoms with van der Waals surface area (Å²) in [4.78, 5) is 0. The standard InChI is InChI=1S/C13H16ClN/c14-12-3-1-2-11(9-12)8-10-4-6-13(15)7-5-10/h1-3,8-9,13H,4-7,15H2. The smallest absolute Gasteiger partial charge is 0.0411 e. The van der Waals surface area contributed by atoms with Gasteiger partial charge in [0.2, 0.25) is 0 Å². The molecule has 0 saturated heterocycles. The Morgan fingerprint density at radius 2 is 2.00 bits per heavy atom. The molecule has 2 N–H and O–H groups in total. The minimum absolute atomic E-state index is 0.404. The lowest BCUT2D eigenvalue weighted by Crippen LogP contribution is -2.23. The van der Waals surface area contributed by atoms with Crippen molar-refractivity contribution < 1.29 is 0 Å². The maximum atomic E-state index is 5.94. The van der Waals surface area contributed by atoms with Crippen molar-refractivity contribution >= 4 is 17.7 Å². The van der Waals surface area contributed by atoms with Gasteiger partial charge >= 0.3 is 0 Å². The lowest BCUT2D eigenvalue weighted by atomic mass is 9.90. The van der Waals surface area contributed by atoms with Crippen LogP contribution in [0.4, 0.5) is 0 Å². The molecule has 1 nitrogen and oxygen atoms in total. The van der Waals surface area contributed by atoms with Gasteiger partial charge in [0.05, 0.1) is 0 Å². The Balaban J connectivity index is 2.10. The first-order valence-corrected chi connectivity index (χ1v) is 5.82. The van der Waals surface area contributed by atoms with Gasteiger partial charge in [-0.25, -0.2) is 0 Å². The molecule has 0 spiro atoms. The van der Waals surface area contributed by atoms with Crippen molar-refractivity contribution in [3.8, 4) is 0 Å². The van der Waals surface area contributed by atoms with Crippen LogP contribution >= 0.6 is 11.6 Å². The Kier molecular flexibility index (Phi) is 3.45. The normalized spacial score (nSPS) is 21.5. The first kappa shape index (κ1) is 10.7. The topological polar surface area (TPSA) is 26.0 Å². The third kappa shape index (κ3) is 3.08. The van der Waals surface area contributed by atoms with Crippen molar-refractivity contribution in [1.82, 2.24) is 0 Å². The minimum Gasteiger partial charge on any atom is -0.328 e. The number of rotatable bonds is 1. The molecule has 1 fully saturated rings. The third-order valence-electron chi connectivity index (χ3n) is 2.89. The van der Waals surface area contributed by atoms with Crippen LogP contribution in [-0.2, 0) is 0 Å². The van der Waals surface area contributed by atoms with E-state index in [1.54, 1.807) is 0 Å². The molecule has 1 saturated carbocycles. The molecule has 0 aromatic heterocycles. The molecule has 0 atom stereocenters. The van der Waals surface area contributed by atoms with Gasteiger partial charge in [-0.15, -0.1) is 0 Å². The van der Waals surface area contributed by atoms with E-state index in [2.05, 4.69) is 12.1 Å². The second kappa shape index (κ2) is 4.82. The summed E-state index contributed by atoms with van der Waals surface area (Å²) in [6.45, 7) is 0. The Morgan fingerprint density at radius 1 is 1.27 bits per heavy atom. The molecule has 1 aromatic carbocycles. The summed E-state index contributed by atoms with van der Waals surface area (Å²) in [7, 11) is 0. The molecule has 1 aliphatic carbocycles. The van der Waals surface area contributed by atoms with Crippen molar-refractivity contribution in [2.24, 2.45) is 5.73 Å². The summed E-state index contributed by atoms with van der Waals surface area (Å²) in [5.41, 5.74) is 8.57. The van der Waals surface area contributed by atoms with Gasteiger partial charge in [-0.3, -0.25) is 0 Å². The van der Waals surface area contributed by atoms with E-state index in [9.17, 15) is 0 Å². The third-order valence-corrected chi connectivity index (χ3v) is 3.13. The highest BCUT2D eigenvalue weighted by Gasteiger charge is 2.12. The summed E-state index contributed by atoms with van der Waals surface area (Å²) in [6.07, 6.45) is 6.75. The average Bonchev–Trinajstić information content (AvgIpc) is 2.22. The Labute approximate surface area is 95.9 Å². The molecule has 0 radical (unpaired) electrons. The number of hydrogen-bond donors (Lipinski definition) is 1. The van der Waals surface area contributed by atoms with Gasteiger partial charge in [0.1, 0.15) is 0 Å². The molecule has 2 rings (SSSR count). The molecule has 0 heterocycles. The quantitative estimate of drug-likeness (QED) is 0.770. The maximum Gasteiger partial charge on any atom is 0.0411 e. The maximum absolute atomic E-state index is 5.94. The second-order valence-corrected chi connectivity index (χ2v) is 4.63. The minimum atomic E-state index is 0.404. The van der Waals surface area contributed by atoms with Gasteiger partial charge in [0.15, 0.2) is 0 Å². The van der Waals surface area contributed by atoms with E-state index in [-0.39, 0.29) is 0 Å². The largest absolute Gasteiger partial charge is 0.328 e. The van der Waals surface area contributed by atoms with Crippen LogP contribution in [0.15, 0.2) is 29.8 Å². The molecule has 1 aromatic rings. The van der Waals surface area contributed by atoms with Crippen LogP contribution in [0.1, 0.15) is 31.2 Å². The summed E-state index contributed by atoms with van der Waals surface area (Å²) < 4.78 is 0. The van der Waals surface area contributed by atoms with Crippen molar-refractivity contribution in [3.63, 3.8) is 0 Å². The van der Waals surface area contributed by atoms with Gasteiger partial charge in [0.25, 0.3) is 0 Å². The fourth-order valence-electron chi connectivity index (χ4n) is 1.99. The van der Waals surface area contributed by atoms with Crippen LogP contribution in [0, 0.1) is 0 Å². The molecule has 1 aliphatic rings. The molecule has 2 heteroatoms. The molecule has 0 unspecified atom stereocenters. The molecule has 0 bridgehead atoms. The van der Waals surface area contributed by atoms with E-state index >= 15 is 0 Å². The van der Waals surface area contributed by atoms with Crippen LogP contribution in [0.3, 0.4) is 0 Å². The lowest BCUT2D eigenvalue weighted by Gasteiger charge is -2.20. The van der Waals surface area contributed by atoms with Gasteiger partial charge in [-0.2, -0.15) is 0 Å². The zero-order chi connectivity index (χ0) is 10.7. The predicted octanol–water partition coefficient (Wildman–Crippen LogP) is 3.62. The van der Waals surface area contributed by atoms with Gasteiger partial charge < -0.3 is 5.73 Å². The van der Waals surface area contributed by atoms with Crippen molar-refractivity contribution in [2.45, 2.75) is 31.7 Å². The summed E-state index contributed by atoms with van der Waals surface area (Å²) >= 11 is 5.94. The molecule has 0 amide bonds. The fraction of sp³-hybridized carbons (Fsp3) is 0.385. The van der Waals surface area contributed by atoms with E-state index in [0.717, 1.165) is 30.7 Å². The Bertz CT molecular complexity index is 361. The van der Waals surface area contributed by atoms with E-state index in [0.29, 0.717) is 6.04 Å². The molecule has 0 aliphatic heterocycles. The van der Waals surface area contributed by atoms with Crippen molar-refractivity contribution in [2.75, 3.05) is 0 Å². The SMILES string of the molecule is NC1CCC(=Cc2cccc(Cl)c2)CC1. The van der Waals surface area contributed by atoms with Crippen LogP contribution in [0.2, 0.25) is 5.02 Å². The van der Waals surface area contributed by atoms with E-state index < -0.39 is 0 Å². The highest BCUT2D eigenvalue weighted by atomic mass is 35.5. The van der Waals surface area contributed by atoms with Crippen molar-refractivity contribution in [1.29, 1.82) is 0 Å². The van der Waals surface area contributed by atoms with E-state index in [4.69, 9.17) is 17.3 Å². The molecule has 15 heavy (non-hydrogen) atoms.